The smallest absolute Gasteiger partial charge is 0.247 e. The Morgan fingerprint density at radius 3 is 1.76 bits per heavy atom. The minimum atomic E-state index is -0.798. The van der Waals surface area contributed by atoms with Crippen LogP contribution in [0.15, 0.2) is 43.0 Å². The maximum Gasteiger partial charge on any atom is 0.247 e. The van der Waals surface area contributed by atoms with Gasteiger partial charge in [0, 0.05) is 42.6 Å². The van der Waals surface area contributed by atoms with Crippen molar-refractivity contribution in [2.75, 3.05) is 44.9 Å². The van der Waals surface area contributed by atoms with Gasteiger partial charge in [0.1, 0.15) is 42.1 Å². The van der Waals surface area contributed by atoms with Crippen molar-refractivity contribution < 1.29 is 33.5 Å². The third kappa shape index (κ3) is 12.6. The first kappa shape index (κ1) is 49.7. The van der Waals surface area contributed by atoms with E-state index in [4.69, 9.17) is 10.5 Å². The van der Waals surface area contributed by atoms with Crippen LogP contribution in [0.1, 0.15) is 81.1 Å². The first-order valence-electron chi connectivity index (χ1n) is 21.3. The number of ether oxygens (including phenoxy) is 1. The molecule has 0 saturated carbocycles. The van der Waals surface area contributed by atoms with Crippen LogP contribution in [0.5, 0.6) is 5.75 Å². The maximum atomic E-state index is 13.8. The molecule has 2 aliphatic heterocycles. The minimum absolute atomic E-state index is 0.245. The number of pyridine rings is 1. The number of likely N-dealkylation sites (N-methyl/N-ethyl adjacent to an activating group) is 2. The summed E-state index contributed by atoms with van der Waals surface area (Å²) in [4.78, 5) is 92.4. The second kappa shape index (κ2) is 21.4. The van der Waals surface area contributed by atoms with Gasteiger partial charge >= 0.3 is 0 Å². The van der Waals surface area contributed by atoms with Crippen LogP contribution in [-0.4, -0.2) is 131 Å². The topological polar surface area (TPSA) is 255 Å². The number of nitrogens with two attached hydrogens (primary N) is 1. The minimum Gasteiger partial charge on any atom is -0.494 e. The number of likely N-dealkylation sites (tertiary alicyclic amines) is 2. The zero-order chi connectivity index (χ0) is 46.8. The van der Waals surface area contributed by atoms with Crippen molar-refractivity contribution in [2.45, 2.75) is 117 Å². The van der Waals surface area contributed by atoms with Crippen molar-refractivity contribution in [3.63, 3.8) is 0 Å². The van der Waals surface area contributed by atoms with Gasteiger partial charge in [0.2, 0.25) is 35.4 Å². The second-order valence-electron chi connectivity index (χ2n) is 18.1. The molecule has 0 aliphatic carbocycles. The highest BCUT2D eigenvalue weighted by molar-refractivity contribution is 6.03. The van der Waals surface area contributed by atoms with Crippen LogP contribution in [0.4, 0.5) is 17.2 Å². The molecule has 0 spiro atoms. The van der Waals surface area contributed by atoms with Gasteiger partial charge in [-0.1, -0.05) is 41.5 Å². The van der Waals surface area contributed by atoms with E-state index in [0.717, 1.165) is 12.1 Å². The molecule has 2 saturated heterocycles. The van der Waals surface area contributed by atoms with Crippen LogP contribution in [0.2, 0.25) is 0 Å². The third-order valence-electron chi connectivity index (χ3n) is 11.3. The molecule has 1 unspecified atom stereocenters. The molecule has 6 atom stereocenters. The summed E-state index contributed by atoms with van der Waals surface area (Å²) >= 11 is 0. The Labute approximate surface area is 369 Å². The molecule has 0 bridgehead atoms. The zero-order valence-corrected chi connectivity index (χ0v) is 38.4. The number of benzene rings is 1. The highest BCUT2D eigenvalue weighted by atomic mass is 16.5. The van der Waals surface area contributed by atoms with E-state index in [2.05, 4.69) is 46.9 Å². The second-order valence-corrected chi connectivity index (χ2v) is 18.1. The SMILES string of the molecule is CN[C@@H](C)C(=O)N[C@H](C(=O)N1CCCC1C(N)=O)C(C)(C)C.CN[C@@H](C)C(=O)N[C@H](C(=O)N1CCC[C@H]1C(=O)Nc1cc2c(Nc3ccncc3)ncnc2cc1OC)C(C)(C)C. The first-order valence-corrected chi connectivity index (χ1v) is 21.3. The van der Waals surface area contributed by atoms with Crippen LogP contribution < -0.4 is 42.4 Å². The van der Waals surface area contributed by atoms with E-state index in [-0.39, 0.29) is 29.5 Å². The number of nitrogens with one attached hydrogen (secondary N) is 6. The molecule has 344 valence electrons. The highest BCUT2D eigenvalue weighted by Gasteiger charge is 2.43. The standard InChI is InChI=1S/C29H38N8O4.C15H28N4O3/c1-17(30-5)26(38)36-24(29(2,3)4)28(40)37-13-7-8-22(37)27(39)35-21-14-19-20(15-23(21)41-6)32-16-33-25(19)34-18-9-11-31-12-10-18;1-9(17-5)13(21)18-11(15(2,3)4)14(22)19-8-6-7-10(19)12(16)20/h9-12,14-17,22,24,30H,7-8,13H2,1-6H3,(H,35,39)(H,36,38)(H,31,32,33,34);9-11,17H,6-8H2,1-5H3,(H2,16,20)(H,18,21)/t17-,22-,24+;9-,10?,11+/m00/s1. The molecule has 8 N–H and O–H groups in total. The Balaban J connectivity index is 0.000000335. The molecule has 4 heterocycles. The number of carbonyl (C=O) groups is 6. The number of methoxy groups -OCH3 is 1. The van der Waals surface area contributed by atoms with Crippen LogP contribution in [0.3, 0.4) is 0 Å². The largest absolute Gasteiger partial charge is 0.494 e. The molecule has 2 aliphatic rings. The summed E-state index contributed by atoms with van der Waals surface area (Å²) in [6.45, 7) is 15.7. The van der Waals surface area contributed by atoms with Gasteiger partial charge in [0.15, 0.2) is 0 Å². The lowest BCUT2D eigenvalue weighted by Crippen LogP contribution is -2.59. The molecule has 3 aromatic rings. The molecule has 19 nitrogen and oxygen atoms in total. The summed E-state index contributed by atoms with van der Waals surface area (Å²) in [6.07, 6.45) is 7.30. The lowest BCUT2D eigenvalue weighted by Gasteiger charge is -2.36. The Morgan fingerprint density at radius 1 is 0.778 bits per heavy atom. The molecule has 2 aromatic heterocycles. The molecular formula is C44H66N12O7. The zero-order valence-electron chi connectivity index (χ0n) is 38.4. The first-order chi connectivity index (χ1) is 29.6. The number of fused-ring (bicyclic) bond motifs is 1. The summed E-state index contributed by atoms with van der Waals surface area (Å²) in [5, 5.41) is 18.3. The molecule has 63 heavy (non-hydrogen) atoms. The molecule has 0 radical (unpaired) electrons. The van der Waals surface area contributed by atoms with Gasteiger partial charge in [-0.25, -0.2) is 9.97 Å². The van der Waals surface area contributed by atoms with Gasteiger partial charge in [0.05, 0.1) is 30.4 Å². The van der Waals surface area contributed by atoms with Gasteiger partial charge in [-0.2, -0.15) is 0 Å². The summed E-state index contributed by atoms with van der Waals surface area (Å²) in [7, 11) is 4.88. The van der Waals surface area contributed by atoms with E-state index in [0.29, 0.717) is 60.5 Å². The van der Waals surface area contributed by atoms with Gasteiger partial charge in [-0.05, 0) is 82.7 Å². The number of carbonyl (C=O) groups excluding carboxylic acids is 6. The number of hydrogen-bond donors (Lipinski definition) is 7. The van der Waals surface area contributed by atoms with Crippen molar-refractivity contribution in [3.8, 4) is 5.75 Å². The maximum absolute atomic E-state index is 13.8. The van der Waals surface area contributed by atoms with E-state index < -0.39 is 53.0 Å². The fourth-order valence-corrected chi connectivity index (χ4v) is 7.29. The Bertz CT molecular complexity index is 2110. The Kier molecular flexibility index (Phi) is 16.9. The van der Waals surface area contributed by atoms with Crippen molar-refractivity contribution in [3.05, 3.63) is 43.0 Å². The predicted molar refractivity (Wildman–Crippen MR) is 241 cm³/mol. The molecule has 19 heteroatoms. The van der Waals surface area contributed by atoms with E-state index >= 15 is 0 Å². The van der Waals surface area contributed by atoms with Crippen LogP contribution in [-0.2, 0) is 28.8 Å². The summed E-state index contributed by atoms with van der Waals surface area (Å²) < 4.78 is 5.57. The van der Waals surface area contributed by atoms with Crippen molar-refractivity contribution in [1.82, 2.24) is 46.0 Å². The number of amides is 6. The fraction of sp³-hybridized carbons (Fsp3) is 0.568. The predicted octanol–water partition coefficient (Wildman–Crippen LogP) is 2.45. The van der Waals surface area contributed by atoms with Gasteiger partial charge < -0.3 is 52.2 Å². The van der Waals surface area contributed by atoms with E-state index in [1.165, 1.54) is 18.3 Å². The molecule has 1 aromatic carbocycles. The van der Waals surface area contributed by atoms with Crippen molar-refractivity contribution in [2.24, 2.45) is 16.6 Å². The van der Waals surface area contributed by atoms with Crippen molar-refractivity contribution >= 4 is 63.5 Å². The number of nitrogens with zero attached hydrogens (tertiary/aromatic N) is 5. The van der Waals surface area contributed by atoms with Gasteiger partial charge in [-0.15, -0.1) is 0 Å². The average molecular weight is 875 g/mol. The average Bonchev–Trinajstić information content (AvgIpc) is 3.95. The number of primary amides is 1. The molecule has 5 rings (SSSR count). The van der Waals surface area contributed by atoms with Gasteiger partial charge in [0.25, 0.3) is 0 Å². The Morgan fingerprint density at radius 2 is 1.29 bits per heavy atom. The number of anilines is 3. The quantitative estimate of drug-likeness (QED) is 0.123. The summed E-state index contributed by atoms with van der Waals surface area (Å²) in [5.74, 6) is -0.899. The molecule has 6 amide bonds. The van der Waals surface area contributed by atoms with E-state index in [1.807, 2.05) is 53.7 Å². The van der Waals surface area contributed by atoms with Gasteiger partial charge in [-0.3, -0.25) is 33.8 Å². The third-order valence-corrected chi connectivity index (χ3v) is 11.3. The number of hydrogen-bond acceptors (Lipinski definition) is 13. The van der Waals surface area contributed by atoms with E-state index in [1.54, 1.807) is 57.4 Å². The Hall–Kier alpha value is -5.95. The molecule has 2 fully saturated rings. The van der Waals surface area contributed by atoms with Crippen LogP contribution in [0, 0.1) is 10.8 Å². The normalized spacial score (nSPS) is 18.3. The lowest BCUT2D eigenvalue weighted by atomic mass is 9.85. The van der Waals surface area contributed by atoms with E-state index in [9.17, 15) is 28.8 Å². The van der Waals surface area contributed by atoms with Crippen LogP contribution >= 0.6 is 0 Å². The number of aromatic nitrogens is 3. The molecular weight excluding hydrogens is 809 g/mol. The van der Waals surface area contributed by atoms with Crippen LogP contribution in [0.25, 0.3) is 10.9 Å². The highest BCUT2D eigenvalue weighted by Crippen LogP contribution is 2.34. The van der Waals surface area contributed by atoms with Crippen molar-refractivity contribution in [1.29, 1.82) is 0 Å². The number of rotatable bonds is 14. The fourth-order valence-electron chi connectivity index (χ4n) is 7.29. The summed E-state index contributed by atoms with van der Waals surface area (Å²) in [5.41, 5.74) is 6.20. The monoisotopic (exact) mass is 875 g/mol. The summed E-state index contributed by atoms with van der Waals surface area (Å²) in [6, 6.07) is 3.49. The lowest BCUT2D eigenvalue weighted by molar-refractivity contribution is -0.143.